The van der Waals surface area contributed by atoms with Gasteiger partial charge in [-0.2, -0.15) is 0 Å². The first-order valence-corrected chi connectivity index (χ1v) is 5.04. The molecule has 1 saturated heterocycles. The summed E-state index contributed by atoms with van der Waals surface area (Å²) in [5.74, 6) is -0.0535. The summed E-state index contributed by atoms with van der Waals surface area (Å²) in [7, 11) is 0. The van der Waals surface area contributed by atoms with Gasteiger partial charge in [0.15, 0.2) is 0 Å². The zero-order valence-corrected chi connectivity index (χ0v) is 9.31. The molecule has 0 aromatic carbocycles. The highest BCUT2D eigenvalue weighted by Gasteiger charge is 2.54. The summed E-state index contributed by atoms with van der Waals surface area (Å²) in [6.07, 6.45) is 3.28. The Hall–Kier alpha value is -0.810. The molecule has 2 aliphatic rings. The number of hydrogen-bond acceptors (Lipinski definition) is 3. The van der Waals surface area contributed by atoms with Gasteiger partial charge in [0.25, 0.3) is 5.91 Å². The second-order valence-electron chi connectivity index (χ2n) is 3.96. The normalized spacial score (nSPS) is 22.3. The van der Waals surface area contributed by atoms with E-state index in [-0.39, 0.29) is 24.3 Å². The van der Waals surface area contributed by atoms with E-state index in [0.717, 1.165) is 19.3 Å². The molecule has 3 amide bonds. The van der Waals surface area contributed by atoms with Crippen molar-refractivity contribution in [2.24, 2.45) is 5.73 Å². The highest BCUT2D eigenvalue weighted by atomic mass is 35.5. The van der Waals surface area contributed by atoms with Crippen LogP contribution in [0.3, 0.4) is 0 Å². The van der Waals surface area contributed by atoms with E-state index in [4.69, 9.17) is 5.73 Å². The molecule has 1 spiro atoms. The van der Waals surface area contributed by atoms with Crippen LogP contribution in [0.2, 0.25) is 0 Å². The molecule has 0 radical (unpaired) electrons. The second-order valence-corrected chi connectivity index (χ2v) is 3.96. The Morgan fingerprint density at radius 2 is 2.07 bits per heavy atom. The second kappa shape index (κ2) is 4.37. The molecular formula is C9H16ClN3O2. The third-order valence-electron chi connectivity index (χ3n) is 3.04. The molecule has 0 unspecified atom stereocenters. The standard InChI is InChI=1S/C9H15N3O2.ClH/c10-5-2-6-12-7(13)9(3-1-4-9)11-8(12)14;/h1-6,10H2,(H,11,14);1H. The molecule has 86 valence electrons. The highest BCUT2D eigenvalue weighted by molar-refractivity contribution is 6.07. The summed E-state index contributed by atoms with van der Waals surface area (Å²) >= 11 is 0. The maximum atomic E-state index is 11.8. The average molecular weight is 234 g/mol. The molecular weight excluding hydrogens is 218 g/mol. The van der Waals surface area contributed by atoms with Crippen molar-refractivity contribution >= 4 is 24.3 Å². The van der Waals surface area contributed by atoms with Gasteiger partial charge in [-0.05, 0) is 32.2 Å². The first-order chi connectivity index (χ1) is 6.69. The Morgan fingerprint density at radius 1 is 1.40 bits per heavy atom. The lowest BCUT2D eigenvalue weighted by molar-refractivity contribution is -0.134. The van der Waals surface area contributed by atoms with Crippen LogP contribution >= 0.6 is 12.4 Å². The van der Waals surface area contributed by atoms with Crippen LogP contribution in [0.1, 0.15) is 25.7 Å². The molecule has 1 heterocycles. The predicted octanol–water partition coefficient (Wildman–Crippen LogP) is 0.231. The summed E-state index contributed by atoms with van der Waals surface area (Å²) in [6, 6.07) is -0.247. The fourth-order valence-electron chi connectivity index (χ4n) is 2.00. The van der Waals surface area contributed by atoms with Gasteiger partial charge in [0.05, 0.1) is 0 Å². The minimum atomic E-state index is -0.536. The van der Waals surface area contributed by atoms with Crippen LogP contribution in [0.15, 0.2) is 0 Å². The fraction of sp³-hybridized carbons (Fsp3) is 0.778. The van der Waals surface area contributed by atoms with Crippen LogP contribution in [-0.2, 0) is 4.79 Å². The maximum Gasteiger partial charge on any atom is 0.325 e. The van der Waals surface area contributed by atoms with Crippen molar-refractivity contribution in [3.63, 3.8) is 0 Å². The Balaban J connectivity index is 0.00000112. The number of halogens is 1. The minimum Gasteiger partial charge on any atom is -0.330 e. The largest absolute Gasteiger partial charge is 0.330 e. The molecule has 1 saturated carbocycles. The zero-order valence-electron chi connectivity index (χ0n) is 8.49. The molecule has 3 N–H and O–H groups in total. The third-order valence-corrected chi connectivity index (χ3v) is 3.04. The lowest BCUT2D eigenvalue weighted by Crippen LogP contribution is -2.52. The van der Waals surface area contributed by atoms with Crippen LogP contribution < -0.4 is 11.1 Å². The van der Waals surface area contributed by atoms with Gasteiger partial charge in [-0.25, -0.2) is 4.79 Å². The molecule has 0 bridgehead atoms. The molecule has 6 heteroatoms. The number of nitrogens with zero attached hydrogens (tertiary/aromatic N) is 1. The van der Waals surface area contributed by atoms with E-state index < -0.39 is 5.54 Å². The first-order valence-electron chi connectivity index (χ1n) is 5.04. The maximum absolute atomic E-state index is 11.8. The molecule has 2 fully saturated rings. The number of carbonyl (C=O) groups excluding carboxylic acids is 2. The number of hydrogen-bond donors (Lipinski definition) is 2. The van der Waals surface area contributed by atoms with Crippen LogP contribution in [0.4, 0.5) is 4.79 Å². The first kappa shape index (κ1) is 12.3. The summed E-state index contributed by atoms with van der Waals surface area (Å²) in [6.45, 7) is 0.951. The van der Waals surface area contributed by atoms with Crippen LogP contribution in [0.25, 0.3) is 0 Å². The summed E-state index contributed by atoms with van der Waals surface area (Å²) < 4.78 is 0. The number of nitrogens with one attached hydrogen (secondary N) is 1. The van der Waals surface area contributed by atoms with Crippen molar-refractivity contribution < 1.29 is 9.59 Å². The van der Waals surface area contributed by atoms with E-state index in [0.29, 0.717) is 19.5 Å². The number of carbonyl (C=O) groups is 2. The molecule has 0 aromatic heterocycles. The van der Waals surface area contributed by atoms with E-state index in [1.54, 1.807) is 0 Å². The molecule has 1 aliphatic heterocycles. The SMILES string of the molecule is Cl.NCCCN1C(=O)NC2(CCC2)C1=O. The number of amides is 3. The van der Waals surface area contributed by atoms with Crippen molar-refractivity contribution in [3.8, 4) is 0 Å². The van der Waals surface area contributed by atoms with E-state index in [1.165, 1.54) is 4.90 Å². The molecule has 1 aliphatic carbocycles. The van der Waals surface area contributed by atoms with Crippen molar-refractivity contribution in [2.45, 2.75) is 31.2 Å². The molecule has 15 heavy (non-hydrogen) atoms. The average Bonchev–Trinajstić information content (AvgIpc) is 2.35. The van der Waals surface area contributed by atoms with Crippen LogP contribution in [0, 0.1) is 0 Å². The van der Waals surface area contributed by atoms with Gasteiger partial charge < -0.3 is 11.1 Å². The van der Waals surface area contributed by atoms with Gasteiger partial charge in [0.2, 0.25) is 0 Å². The quantitative estimate of drug-likeness (QED) is 0.686. The monoisotopic (exact) mass is 233 g/mol. The van der Waals surface area contributed by atoms with E-state index in [9.17, 15) is 9.59 Å². The Bertz CT molecular complexity index is 279. The molecule has 0 aromatic rings. The number of imide groups is 1. The zero-order chi connectivity index (χ0) is 10.2. The van der Waals surface area contributed by atoms with Gasteiger partial charge in [-0.15, -0.1) is 12.4 Å². The van der Waals surface area contributed by atoms with Crippen LogP contribution in [0.5, 0.6) is 0 Å². The van der Waals surface area contributed by atoms with Gasteiger partial charge in [0, 0.05) is 6.54 Å². The van der Waals surface area contributed by atoms with Gasteiger partial charge in [-0.3, -0.25) is 9.69 Å². The third kappa shape index (κ3) is 1.81. The number of rotatable bonds is 3. The van der Waals surface area contributed by atoms with Crippen LogP contribution in [-0.4, -0.2) is 35.5 Å². The van der Waals surface area contributed by atoms with Crippen molar-refractivity contribution in [2.75, 3.05) is 13.1 Å². The van der Waals surface area contributed by atoms with Crippen molar-refractivity contribution in [1.29, 1.82) is 0 Å². The molecule has 2 rings (SSSR count). The van der Waals surface area contributed by atoms with E-state index in [2.05, 4.69) is 5.32 Å². The summed E-state index contributed by atoms with van der Waals surface area (Å²) in [5.41, 5.74) is 4.81. The van der Waals surface area contributed by atoms with Crippen molar-refractivity contribution in [3.05, 3.63) is 0 Å². The molecule has 5 nitrogen and oxygen atoms in total. The highest BCUT2D eigenvalue weighted by Crippen LogP contribution is 2.37. The van der Waals surface area contributed by atoms with Gasteiger partial charge in [-0.1, -0.05) is 0 Å². The van der Waals surface area contributed by atoms with E-state index in [1.807, 2.05) is 0 Å². The van der Waals surface area contributed by atoms with Gasteiger partial charge >= 0.3 is 6.03 Å². The Labute approximate surface area is 94.8 Å². The number of nitrogens with two attached hydrogens (primary N) is 1. The number of urea groups is 1. The Kier molecular flexibility index (Phi) is 3.57. The lowest BCUT2D eigenvalue weighted by atomic mass is 9.77. The van der Waals surface area contributed by atoms with E-state index >= 15 is 0 Å². The van der Waals surface area contributed by atoms with Crippen molar-refractivity contribution in [1.82, 2.24) is 10.2 Å². The summed E-state index contributed by atoms with van der Waals surface area (Å²) in [5, 5.41) is 2.77. The topological polar surface area (TPSA) is 75.4 Å². The van der Waals surface area contributed by atoms with Gasteiger partial charge in [0.1, 0.15) is 5.54 Å². The minimum absolute atomic E-state index is 0. The molecule has 0 atom stereocenters. The summed E-state index contributed by atoms with van der Waals surface area (Å²) in [4.78, 5) is 24.6. The lowest BCUT2D eigenvalue weighted by Gasteiger charge is -2.34. The fourth-order valence-corrected chi connectivity index (χ4v) is 2.00. The smallest absolute Gasteiger partial charge is 0.325 e. The Morgan fingerprint density at radius 3 is 2.47 bits per heavy atom. The predicted molar refractivity (Wildman–Crippen MR) is 57.7 cm³/mol.